The van der Waals surface area contributed by atoms with Crippen molar-refractivity contribution in [1.29, 1.82) is 0 Å². The Morgan fingerprint density at radius 1 is 1.21 bits per heavy atom. The summed E-state index contributed by atoms with van der Waals surface area (Å²) in [6.45, 7) is 5.56. The standard InChI is InChI=1S/C21H26N4O2S/c1-2-24(14-17-6-5-13-28-17)20(26)15-23-11-9-16(10-12-23)25-19-8-4-3-7-18(19)22-21(25)27/h3-8,13,16H,2,9-12,14-15H2,1H3,(H,22,27). The summed E-state index contributed by atoms with van der Waals surface area (Å²) < 4.78 is 1.89. The minimum atomic E-state index is -0.0381. The largest absolute Gasteiger partial charge is 0.337 e. The lowest BCUT2D eigenvalue weighted by atomic mass is 10.0. The SMILES string of the molecule is CCN(Cc1cccs1)C(=O)CN1CCC(n2c(=O)[nH]c3ccccc32)CC1. The fourth-order valence-corrected chi connectivity index (χ4v) is 4.75. The van der Waals surface area contributed by atoms with Gasteiger partial charge in [0.05, 0.1) is 24.1 Å². The Kier molecular flexibility index (Phi) is 5.64. The van der Waals surface area contributed by atoms with Gasteiger partial charge in [-0.2, -0.15) is 0 Å². The highest BCUT2D eigenvalue weighted by atomic mass is 32.1. The van der Waals surface area contributed by atoms with Gasteiger partial charge in [0.1, 0.15) is 0 Å². The molecule has 0 saturated carbocycles. The fourth-order valence-electron chi connectivity index (χ4n) is 4.03. The van der Waals surface area contributed by atoms with E-state index in [9.17, 15) is 9.59 Å². The molecule has 0 aliphatic carbocycles. The topological polar surface area (TPSA) is 61.3 Å². The first-order valence-corrected chi connectivity index (χ1v) is 10.8. The van der Waals surface area contributed by atoms with Gasteiger partial charge in [-0.05, 0) is 43.3 Å². The first-order valence-electron chi connectivity index (χ1n) is 9.87. The zero-order chi connectivity index (χ0) is 19.5. The Morgan fingerprint density at radius 2 is 2.00 bits per heavy atom. The van der Waals surface area contributed by atoms with Gasteiger partial charge in [0.25, 0.3) is 0 Å². The molecule has 1 amide bonds. The number of aromatic nitrogens is 2. The molecule has 1 N–H and O–H groups in total. The van der Waals surface area contributed by atoms with Crippen LogP contribution in [0.25, 0.3) is 11.0 Å². The number of imidazole rings is 1. The molecule has 1 aliphatic heterocycles. The van der Waals surface area contributed by atoms with Gasteiger partial charge in [0, 0.05) is 30.6 Å². The van der Waals surface area contributed by atoms with Gasteiger partial charge in [0.2, 0.25) is 5.91 Å². The maximum atomic E-state index is 12.7. The molecule has 7 heteroatoms. The van der Waals surface area contributed by atoms with Gasteiger partial charge >= 0.3 is 5.69 Å². The molecule has 28 heavy (non-hydrogen) atoms. The maximum absolute atomic E-state index is 12.7. The van der Waals surface area contributed by atoms with E-state index in [-0.39, 0.29) is 17.6 Å². The molecule has 0 unspecified atom stereocenters. The molecular formula is C21H26N4O2S. The molecule has 0 atom stereocenters. The quantitative estimate of drug-likeness (QED) is 0.694. The van der Waals surface area contributed by atoms with E-state index in [0.29, 0.717) is 13.1 Å². The Morgan fingerprint density at radius 3 is 2.71 bits per heavy atom. The number of hydrogen-bond donors (Lipinski definition) is 1. The fraction of sp³-hybridized carbons (Fsp3) is 0.429. The highest BCUT2D eigenvalue weighted by molar-refractivity contribution is 7.09. The van der Waals surface area contributed by atoms with Gasteiger partial charge in [0.15, 0.2) is 0 Å². The molecule has 6 nitrogen and oxygen atoms in total. The number of nitrogens with zero attached hydrogens (tertiary/aromatic N) is 3. The molecular weight excluding hydrogens is 372 g/mol. The predicted molar refractivity (Wildman–Crippen MR) is 113 cm³/mol. The molecule has 0 radical (unpaired) electrons. The Labute approximate surface area is 168 Å². The second-order valence-electron chi connectivity index (χ2n) is 7.31. The first kappa shape index (κ1) is 19.0. The van der Waals surface area contributed by atoms with Crippen LogP contribution in [0.4, 0.5) is 0 Å². The Hall–Kier alpha value is -2.38. The lowest BCUT2D eigenvalue weighted by Gasteiger charge is -2.33. The van der Waals surface area contributed by atoms with Gasteiger partial charge in [-0.3, -0.25) is 14.3 Å². The number of piperidine rings is 1. The van der Waals surface area contributed by atoms with Crippen molar-refractivity contribution in [3.63, 3.8) is 0 Å². The van der Waals surface area contributed by atoms with Crippen molar-refractivity contribution in [2.75, 3.05) is 26.2 Å². The number of hydrogen-bond acceptors (Lipinski definition) is 4. The van der Waals surface area contributed by atoms with Crippen LogP contribution in [0, 0.1) is 0 Å². The summed E-state index contributed by atoms with van der Waals surface area (Å²) >= 11 is 1.69. The second-order valence-corrected chi connectivity index (χ2v) is 8.34. The number of likely N-dealkylation sites (N-methyl/N-ethyl adjacent to an activating group) is 1. The van der Waals surface area contributed by atoms with Crippen molar-refractivity contribution < 1.29 is 4.79 Å². The van der Waals surface area contributed by atoms with E-state index in [1.807, 2.05) is 52.1 Å². The van der Waals surface area contributed by atoms with E-state index in [1.165, 1.54) is 4.88 Å². The summed E-state index contributed by atoms with van der Waals surface area (Å²) in [6.07, 6.45) is 1.76. The zero-order valence-corrected chi connectivity index (χ0v) is 17.0. The maximum Gasteiger partial charge on any atom is 0.326 e. The van der Waals surface area contributed by atoms with Gasteiger partial charge in [-0.15, -0.1) is 11.3 Å². The summed E-state index contributed by atoms with van der Waals surface area (Å²) in [4.78, 5) is 33.4. The number of benzene rings is 1. The van der Waals surface area contributed by atoms with Crippen molar-refractivity contribution in [3.05, 3.63) is 57.1 Å². The van der Waals surface area contributed by atoms with Crippen LogP contribution in [0.2, 0.25) is 0 Å². The molecule has 3 aromatic rings. The van der Waals surface area contributed by atoms with E-state index < -0.39 is 0 Å². The minimum Gasteiger partial charge on any atom is -0.337 e. The molecule has 1 aromatic carbocycles. The van der Waals surface area contributed by atoms with Gasteiger partial charge in [-0.1, -0.05) is 18.2 Å². The number of amides is 1. The molecule has 1 fully saturated rings. The zero-order valence-electron chi connectivity index (χ0n) is 16.1. The number of nitrogens with one attached hydrogen (secondary N) is 1. The summed E-state index contributed by atoms with van der Waals surface area (Å²) in [5.41, 5.74) is 1.82. The van der Waals surface area contributed by atoms with Gasteiger partial charge < -0.3 is 9.88 Å². The molecule has 148 valence electrons. The van der Waals surface area contributed by atoms with Crippen molar-refractivity contribution in [2.24, 2.45) is 0 Å². The van der Waals surface area contributed by atoms with E-state index in [1.54, 1.807) is 11.3 Å². The number of rotatable bonds is 6. The van der Waals surface area contributed by atoms with Crippen molar-refractivity contribution in [1.82, 2.24) is 19.4 Å². The molecule has 2 aromatic heterocycles. The van der Waals surface area contributed by atoms with Crippen LogP contribution in [-0.2, 0) is 11.3 Å². The highest BCUT2D eigenvalue weighted by Gasteiger charge is 2.25. The van der Waals surface area contributed by atoms with Crippen molar-refractivity contribution in [3.8, 4) is 0 Å². The van der Waals surface area contributed by atoms with E-state index in [4.69, 9.17) is 0 Å². The third-order valence-electron chi connectivity index (χ3n) is 5.57. The van der Waals surface area contributed by atoms with Crippen LogP contribution < -0.4 is 5.69 Å². The smallest absolute Gasteiger partial charge is 0.326 e. The number of likely N-dealkylation sites (tertiary alicyclic amines) is 1. The number of fused-ring (bicyclic) bond motifs is 1. The van der Waals surface area contributed by atoms with Crippen LogP contribution in [0.3, 0.4) is 0 Å². The number of para-hydroxylation sites is 2. The average molecular weight is 399 g/mol. The first-order chi connectivity index (χ1) is 13.7. The summed E-state index contributed by atoms with van der Waals surface area (Å²) in [5, 5.41) is 2.05. The van der Waals surface area contributed by atoms with Crippen molar-refractivity contribution in [2.45, 2.75) is 32.4 Å². The third-order valence-corrected chi connectivity index (χ3v) is 6.43. The Balaban J connectivity index is 1.36. The minimum absolute atomic E-state index is 0.0381. The normalized spacial score (nSPS) is 15.9. The number of aromatic amines is 1. The van der Waals surface area contributed by atoms with Crippen LogP contribution in [0.1, 0.15) is 30.7 Å². The number of H-pyrrole nitrogens is 1. The average Bonchev–Trinajstić information content (AvgIpc) is 3.33. The Bertz CT molecular complexity index is 983. The van der Waals surface area contributed by atoms with Crippen LogP contribution in [0.5, 0.6) is 0 Å². The predicted octanol–water partition coefficient (Wildman–Crippen LogP) is 3.08. The molecule has 4 rings (SSSR count). The van der Waals surface area contributed by atoms with Crippen LogP contribution in [0.15, 0.2) is 46.6 Å². The summed E-state index contributed by atoms with van der Waals surface area (Å²) in [6, 6.07) is 12.1. The molecule has 0 spiro atoms. The van der Waals surface area contributed by atoms with E-state index in [2.05, 4.69) is 16.0 Å². The number of carbonyl (C=O) groups is 1. The van der Waals surface area contributed by atoms with Crippen molar-refractivity contribution >= 4 is 28.3 Å². The number of thiophene rings is 1. The summed E-state index contributed by atoms with van der Waals surface area (Å²) in [5.74, 6) is 0.179. The second kappa shape index (κ2) is 8.32. The monoisotopic (exact) mass is 398 g/mol. The third kappa shape index (κ3) is 3.91. The highest BCUT2D eigenvalue weighted by Crippen LogP contribution is 2.24. The summed E-state index contributed by atoms with van der Waals surface area (Å²) in [7, 11) is 0. The molecule has 3 heterocycles. The molecule has 0 bridgehead atoms. The van der Waals surface area contributed by atoms with Crippen LogP contribution >= 0.6 is 11.3 Å². The van der Waals surface area contributed by atoms with E-state index in [0.717, 1.165) is 43.5 Å². The number of carbonyl (C=O) groups excluding carboxylic acids is 1. The van der Waals surface area contributed by atoms with Crippen LogP contribution in [-0.4, -0.2) is 51.4 Å². The molecule has 1 saturated heterocycles. The molecule has 1 aliphatic rings. The van der Waals surface area contributed by atoms with Gasteiger partial charge in [-0.25, -0.2) is 4.79 Å². The van der Waals surface area contributed by atoms with E-state index >= 15 is 0 Å². The lowest BCUT2D eigenvalue weighted by molar-refractivity contribution is -0.133. The lowest BCUT2D eigenvalue weighted by Crippen LogP contribution is -2.44.